The fourth-order valence-corrected chi connectivity index (χ4v) is 13.1. The molecule has 0 atom stereocenters. The zero-order valence-corrected chi connectivity index (χ0v) is 38.6. The lowest BCUT2D eigenvalue weighted by atomic mass is 10.1. The van der Waals surface area contributed by atoms with Crippen LogP contribution in [0.5, 0.6) is 0 Å². The second-order valence-electron chi connectivity index (χ2n) is 14.6. The van der Waals surface area contributed by atoms with Crippen molar-refractivity contribution in [3.63, 3.8) is 0 Å². The Morgan fingerprint density at radius 3 is 1.30 bits per heavy atom. The molecule has 0 saturated carbocycles. The standard InChI is InChI=1S/C42H65NO8P2S3/c1-6-11-16-17-18-19-22-43-41(44)37-38(42(43)45)40(36-30-34(32-55-36)21-28-53(47,50-25-14-9-4)51-26-15-10-5)56-39(37)35-29-33(31-54-35)20-27-52(46,48-23-12-7-2)49-24-13-8-3/h29-32H,6-28H2,1-5H3. The Bertz CT molecular complexity index is 1610. The molecule has 0 bridgehead atoms. The molecule has 1 aliphatic rings. The third-order valence-electron chi connectivity index (χ3n) is 9.81. The monoisotopic (exact) mass is 869 g/mol. The number of aryl methyl sites for hydroxylation is 2. The van der Waals surface area contributed by atoms with Crippen LogP contribution in [0.2, 0.25) is 0 Å². The van der Waals surface area contributed by atoms with Gasteiger partial charge in [-0.05, 0) is 79.0 Å². The van der Waals surface area contributed by atoms with Crippen LogP contribution >= 0.6 is 49.2 Å². The van der Waals surface area contributed by atoms with E-state index < -0.39 is 15.2 Å². The summed E-state index contributed by atoms with van der Waals surface area (Å²) in [5, 5.41) is 4.09. The number of imide groups is 1. The van der Waals surface area contributed by atoms with E-state index in [1.165, 1.54) is 51.8 Å². The van der Waals surface area contributed by atoms with Crippen LogP contribution in [0.4, 0.5) is 0 Å². The molecule has 9 nitrogen and oxygen atoms in total. The number of nitrogens with zero attached hydrogens (tertiary/aromatic N) is 1. The predicted molar refractivity (Wildman–Crippen MR) is 235 cm³/mol. The van der Waals surface area contributed by atoms with Crippen molar-refractivity contribution in [2.75, 3.05) is 45.3 Å². The van der Waals surface area contributed by atoms with Crippen LogP contribution < -0.4 is 0 Å². The topological polar surface area (TPSA) is 108 Å². The Hall–Kier alpha value is -1.46. The number of carbonyl (C=O) groups excluding carboxylic acids is 2. The third-order valence-corrected chi connectivity index (χ3v) is 17.2. The normalized spacial score (nSPS) is 13.4. The molecule has 0 aliphatic carbocycles. The lowest BCUT2D eigenvalue weighted by Crippen LogP contribution is -2.31. The first-order chi connectivity index (χ1) is 27.1. The summed E-state index contributed by atoms with van der Waals surface area (Å²) >= 11 is 4.56. The summed E-state index contributed by atoms with van der Waals surface area (Å²) in [7, 11) is -6.52. The summed E-state index contributed by atoms with van der Waals surface area (Å²) in [6.45, 7) is 12.5. The van der Waals surface area contributed by atoms with Gasteiger partial charge < -0.3 is 18.1 Å². The summed E-state index contributed by atoms with van der Waals surface area (Å²) in [6.07, 6.45) is 15.1. The Kier molecular flexibility index (Phi) is 20.7. The largest absolute Gasteiger partial charge is 0.331 e. The SMILES string of the molecule is CCCCCCCCN1C(=O)c2c(-c3cc(CCP(=O)(OCCCC)OCCCC)cs3)sc(-c3cc(CCP(=O)(OCCCC)OCCCC)cs3)c2C1=O. The van der Waals surface area contributed by atoms with Crippen molar-refractivity contribution in [2.45, 2.75) is 137 Å². The molecule has 56 heavy (non-hydrogen) atoms. The molecule has 0 saturated heterocycles. The second kappa shape index (κ2) is 24.6. The fourth-order valence-electron chi connectivity index (χ4n) is 6.31. The zero-order chi connectivity index (χ0) is 40.4. The Morgan fingerprint density at radius 2 is 0.911 bits per heavy atom. The van der Waals surface area contributed by atoms with Crippen molar-refractivity contribution in [3.05, 3.63) is 45.1 Å². The van der Waals surface area contributed by atoms with Crippen molar-refractivity contribution in [2.24, 2.45) is 0 Å². The number of hydrogen-bond donors (Lipinski definition) is 0. The van der Waals surface area contributed by atoms with Gasteiger partial charge in [0, 0.05) is 16.3 Å². The summed E-state index contributed by atoms with van der Waals surface area (Å²) in [5.41, 5.74) is 2.97. The average molecular weight is 870 g/mol. The van der Waals surface area contributed by atoms with E-state index in [0.29, 0.717) is 56.9 Å². The predicted octanol–water partition coefficient (Wildman–Crippen LogP) is 13.9. The number of rotatable bonds is 31. The molecule has 1 aliphatic heterocycles. The van der Waals surface area contributed by atoms with Crippen LogP contribution in [0.15, 0.2) is 22.9 Å². The lowest BCUT2D eigenvalue weighted by molar-refractivity contribution is 0.0651. The highest BCUT2D eigenvalue weighted by Crippen LogP contribution is 2.52. The number of amides is 2. The van der Waals surface area contributed by atoms with Gasteiger partial charge in [-0.3, -0.25) is 23.6 Å². The van der Waals surface area contributed by atoms with E-state index in [-0.39, 0.29) is 24.1 Å². The van der Waals surface area contributed by atoms with Crippen LogP contribution in [0.1, 0.15) is 156 Å². The number of thiophene rings is 3. The number of hydrogen-bond acceptors (Lipinski definition) is 11. The van der Waals surface area contributed by atoms with Gasteiger partial charge in [0.15, 0.2) is 0 Å². The van der Waals surface area contributed by atoms with E-state index in [1.54, 1.807) is 0 Å². The molecule has 0 fully saturated rings. The minimum atomic E-state index is -3.26. The molecule has 3 aromatic heterocycles. The van der Waals surface area contributed by atoms with Crippen molar-refractivity contribution in [1.82, 2.24) is 4.90 Å². The summed E-state index contributed by atoms with van der Waals surface area (Å²) in [6, 6.07) is 4.12. The highest BCUT2D eigenvalue weighted by molar-refractivity contribution is 7.54. The van der Waals surface area contributed by atoms with Gasteiger partial charge in [0.2, 0.25) is 0 Å². The van der Waals surface area contributed by atoms with E-state index >= 15 is 0 Å². The van der Waals surface area contributed by atoms with Crippen molar-refractivity contribution < 1.29 is 36.8 Å². The fraction of sp³-hybridized carbons (Fsp3) is 0.667. The van der Waals surface area contributed by atoms with Crippen LogP contribution in [-0.2, 0) is 40.1 Å². The second-order valence-corrected chi connectivity index (χ2v) is 21.8. The molecule has 3 aromatic rings. The average Bonchev–Trinajstić information content (AvgIpc) is 3.98. The van der Waals surface area contributed by atoms with Crippen LogP contribution in [0.3, 0.4) is 0 Å². The van der Waals surface area contributed by atoms with E-state index in [9.17, 15) is 18.7 Å². The van der Waals surface area contributed by atoms with Crippen molar-refractivity contribution in [3.8, 4) is 19.5 Å². The van der Waals surface area contributed by atoms with Crippen LogP contribution in [0.25, 0.3) is 19.5 Å². The lowest BCUT2D eigenvalue weighted by Gasteiger charge is -2.18. The van der Waals surface area contributed by atoms with E-state index in [0.717, 1.165) is 108 Å². The third kappa shape index (κ3) is 13.8. The molecule has 0 spiro atoms. The maximum Gasteiger partial charge on any atom is 0.331 e. The minimum absolute atomic E-state index is 0.227. The molecular weight excluding hydrogens is 805 g/mol. The first-order valence-corrected chi connectivity index (χ1v) is 27.1. The van der Waals surface area contributed by atoms with Gasteiger partial charge >= 0.3 is 15.2 Å². The quantitative estimate of drug-likeness (QED) is 0.0357. The molecule has 0 radical (unpaired) electrons. The molecule has 4 heterocycles. The molecule has 14 heteroatoms. The Labute approximate surface area is 348 Å². The maximum absolute atomic E-state index is 14.2. The van der Waals surface area contributed by atoms with E-state index in [1.807, 2.05) is 10.8 Å². The minimum Gasteiger partial charge on any atom is -0.309 e. The van der Waals surface area contributed by atoms with E-state index in [4.69, 9.17) is 18.1 Å². The first-order valence-electron chi connectivity index (χ1n) is 21.1. The number of fused-ring (bicyclic) bond motifs is 1. The van der Waals surface area contributed by atoms with Crippen LogP contribution in [0, 0.1) is 0 Å². The van der Waals surface area contributed by atoms with Crippen molar-refractivity contribution in [1.29, 1.82) is 0 Å². The number of carbonyl (C=O) groups is 2. The molecule has 4 rings (SSSR count). The molecule has 0 unspecified atom stereocenters. The molecule has 314 valence electrons. The summed E-state index contributed by atoms with van der Waals surface area (Å²) < 4.78 is 50.7. The van der Waals surface area contributed by atoms with Gasteiger partial charge in [-0.15, -0.1) is 34.0 Å². The van der Waals surface area contributed by atoms with Crippen LogP contribution in [-0.4, -0.2) is 62.0 Å². The highest BCUT2D eigenvalue weighted by Gasteiger charge is 2.42. The summed E-state index contributed by atoms with van der Waals surface area (Å²) in [4.78, 5) is 33.2. The van der Waals surface area contributed by atoms with Gasteiger partial charge in [-0.1, -0.05) is 92.4 Å². The van der Waals surface area contributed by atoms with Gasteiger partial charge in [-0.25, -0.2) is 0 Å². The number of unbranched alkanes of at least 4 members (excludes halogenated alkanes) is 9. The van der Waals surface area contributed by atoms with Gasteiger partial charge in [-0.2, -0.15) is 0 Å². The van der Waals surface area contributed by atoms with E-state index in [2.05, 4.69) is 46.8 Å². The first kappa shape index (κ1) is 47.2. The highest BCUT2D eigenvalue weighted by atomic mass is 32.1. The van der Waals surface area contributed by atoms with Gasteiger partial charge in [0.05, 0.1) is 59.6 Å². The smallest absolute Gasteiger partial charge is 0.309 e. The van der Waals surface area contributed by atoms with Gasteiger partial charge in [0.1, 0.15) is 0 Å². The van der Waals surface area contributed by atoms with Crippen molar-refractivity contribution >= 4 is 61.0 Å². The zero-order valence-electron chi connectivity index (χ0n) is 34.4. The Balaban J connectivity index is 1.59. The van der Waals surface area contributed by atoms with Gasteiger partial charge in [0.25, 0.3) is 11.8 Å². The molecule has 0 aromatic carbocycles. The Morgan fingerprint density at radius 1 is 0.536 bits per heavy atom. The maximum atomic E-state index is 14.2. The summed E-state index contributed by atoms with van der Waals surface area (Å²) in [5.74, 6) is -0.453. The molecule has 0 N–H and O–H groups in total. The molecule has 2 amide bonds. The molecular formula is C42H65NO8P2S3.